The number of halogens is 1. The fourth-order valence-electron chi connectivity index (χ4n) is 5.30. The molecule has 0 nitrogen and oxygen atoms in total. The van der Waals surface area contributed by atoms with Crippen molar-refractivity contribution in [2.45, 2.75) is 96.3 Å². The van der Waals surface area contributed by atoms with Crippen LogP contribution >= 0.6 is 11.6 Å². The highest BCUT2D eigenvalue weighted by Gasteiger charge is 2.21. The van der Waals surface area contributed by atoms with Crippen molar-refractivity contribution in [2.75, 3.05) is 0 Å². The van der Waals surface area contributed by atoms with Crippen LogP contribution in [0.25, 0.3) is 0 Å². The molecule has 2 fully saturated rings. The van der Waals surface area contributed by atoms with Crippen LogP contribution in [0.2, 0.25) is 5.02 Å². The second-order valence-electron chi connectivity index (χ2n) is 9.20. The number of unbranched alkanes of at least 4 members (excludes halogenated alkanes) is 1. The predicted molar refractivity (Wildman–Crippen MR) is 119 cm³/mol. The first-order valence-corrected chi connectivity index (χ1v) is 12.0. The lowest BCUT2D eigenvalue weighted by Gasteiger charge is -2.28. The van der Waals surface area contributed by atoms with Gasteiger partial charge in [0, 0.05) is 5.02 Å². The van der Waals surface area contributed by atoms with Crippen LogP contribution in [-0.4, -0.2) is 0 Å². The van der Waals surface area contributed by atoms with E-state index >= 15 is 0 Å². The molecule has 1 aromatic rings. The Labute approximate surface area is 172 Å². The summed E-state index contributed by atoms with van der Waals surface area (Å²) in [6, 6.07) is 8.53. The van der Waals surface area contributed by atoms with E-state index in [0.717, 1.165) is 28.7 Å². The van der Waals surface area contributed by atoms with Gasteiger partial charge in [0.05, 0.1) is 0 Å². The van der Waals surface area contributed by atoms with Crippen LogP contribution in [-0.2, 0) is 0 Å². The molecule has 2 saturated carbocycles. The molecule has 0 unspecified atom stereocenters. The van der Waals surface area contributed by atoms with E-state index in [4.69, 9.17) is 11.6 Å². The van der Waals surface area contributed by atoms with Gasteiger partial charge >= 0.3 is 0 Å². The van der Waals surface area contributed by atoms with Crippen molar-refractivity contribution in [1.29, 1.82) is 0 Å². The Kier molecular flexibility index (Phi) is 8.78. The maximum atomic E-state index is 6.02. The number of benzene rings is 1. The van der Waals surface area contributed by atoms with E-state index in [1.165, 1.54) is 89.0 Å². The monoisotopic (exact) mass is 386 g/mol. The summed E-state index contributed by atoms with van der Waals surface area (Å²) in [5.41, 5.74) is 1.48. The molecule has 1 aromatic carbocycles. The van der Waals surface area contributed by atoms with E-state index in [1.807, 2.05) is 12.1 Å². The summed E-state index contributed by atoms with van der Waals surface area (Å²) in [5, 5.41) is 0.852. The molecule has 2 aliphatic rings. The van der Waals surface area contributed by atoms with Crippen LogP contribution in [0, 0.1) is 17.8 Å². The molecule has 0 aliphatic heterocycles. The Morgan fingerprint density at radius 1 is 0.852 bits per heavy atom. The maximum absolute atomic E-state index is 6.02. The zero-order chi connectivity index (χ0) is 18.9. The van der Waals surface area contributed by atoms with Crippen molar-refractivity contribution < 1.29 is 0 Å². The van der Waals surface area contributed by atoms with Gasteiger partial charge in [0.15, 0.2) is 0 Å². The Balaban J connectivity index is 1.29. The third-order valence-corrected chi connectivity index (χ3v) is 7.45. The Bertz CT molecular complexity index is 542. The van der Waals surface area contributed by atoms with Crippen molar-refractivity contribution in [1.82, 2.24) is 0 Å². The van der Waals surface area contributed by atoms with E-state index in [0.29, 0.717) is 0 Å². The molecule has 0 N–H and O–H groups in total. The minimum absolute atomic E-state index is 0.745. The van der Waals surface area contributed by atoms with Crippen LogP contribution in [0.3, 0.4) is 0 Å². The SMILES string of the molecule is CCCCC1CCC(CC/C=C/C2CCC(c3ccc(Cl)cc3)CC2)CC1. The Hall–Kier alpha value is -0.750. The fraction of sp³-hybridized carbons (Fsp3) is 0.692. The van der Waals surface area contributed by atoms with E-state index in [1.54, 1.807) is 0 Å². The molecule has 1 heteroatoms. The third-order valence-electron chi connectivity index (χ3n) is 7.20. The van der Waals surface area contributed by atoms with Crippen molar-refractivity contribution in [3.05, 3.63) is 47.0 Å². The fourth-order valence-corrected chi connectivity index (χ4v) is 5.43. The largest absolute Gasteiger partial charge is 0.0882 e. The van der Waals surface area contributed by atoms with E-state index in [9.17, 15) is 0 Å². The average molecular weight is 387 g/mol. The Morgan fingerprint density at radius 2 is 1.48 bits per heavy atom. The van der Waals surface area contributed by atoms with Crippen LogP contribution in [0.1, 0.15) is 102 Å². The normalized spacial score (nSPS) is 29.3. The highest BCUT2D eigenvalue weighted by molar-refractivity contribution is 6.30. The average Bonchev–Trinajstić information content (AvgIpc) is 2.72. The molecule has 0 aromatic heterocycles. The van der Waals surface area contributed by atoms with Crippen LogP contribution in [0.4, 0.5) is 0 Å². The highest BCUT2D eigenvalue weighted by atomic mass is 35.5. The summed E-state index contributed by atoms with van der Waals surface area (Å²) in [7, 11) is 0. The first-order chi connectivity index (χ1) is 13.2. The molecule has 0 bridgehead atoms. The quantitative estimate of drug-likeness (QED) is 0.391. The van der Waals surface area contributed by atoms with Crippen molar-refractivity contribution >= 4 is 11.6 Å². The molecule has 27 heavy (non-hydrogen) atoms. The van der Waals surface area contributed by atoms with Gasteiger partial charge in [-0.25, -0.2) is 0 Å². The first kappa shape index (κ1) is 21.0. The van der Waals surface area contributed by atoms with Crippen LogP contribution in [0.5, 0.6) is 0 Å². The zero-order valence-electron chi connectivity index (χ0n) is 17.3. The number of allylic oxidation sites excluding steroid dienone is 2. The molecule has 0 amide bonds. The number of hydrogen-bond acceptors (Lipinski definition) is 0. The van der Waals surface area contributed by atoms with Gasteiger partial charge in [-0.1, -0.05) is 87.8 Å². The molecule has 0 atom stereocenters. The molecular formula is C26H39Cl. The topological polar surface area (TPSA) is 0 Å². The summed E-state index contributed by atoms with van der Waals surface area (Å²) in [5.74, 6) is 3.62. The minimum Gasteiger partial charge on any atom is -0.0882 e. The summed E-state index contributed by atoms with van der Waals surface area (Å²) in [6.07, 6.45) is 23.5. The van der Waals surface area contributed by atoms with Crippen molar-refractivity contribution in [2.24, 2.45) is 17.8 Å². The lowest BCUT2D eigenvalue weighted by atomic mass is 9.77. The van der Waals surface area contributed by atoms with Gasteiger partial charge in [-0.05, 0) is 79.9 Å². The summed E-state index contributed by atoms with van der Waals surface area (Å²) in [6.45, 7) is 2.32. The predicted octanol–water partition coefficient (Wildman–Crippen LogP) is 8.95. The van der Waals surface area contributed by atoms with E-state index in [-0.39, 0.29) is 0 Å². The van der Waals surface area contributed by atoms with Crippen molar-refractivity contribution in [3.63, 3.8) is 0 Å². The van der Waals surface area contributed by atoms with E-state index in [2.05, 4.69) is 31.2 Å². The molecule has 0 radical (unpaired) electrons. The van der Waals surface area contributed by atoms with Gasteiger partial charge in [-0.2, -0.15) is 0 Å². The molecule has 3 rings (SSSR count). The third kappa shape index (κ3) is 6.97. The van der Waals surface area contributed by atoms with Crippen molar-refractivity contribution in [3.8, 4) is 0 Å². The molecule has 0 heterocycles. The van der Waals surface area contributed by atoms with E-state index < -0.39 is 0 Å². The number of rotatable bonds is 8. The van der Waals surface area contributed by atoms with Gasteiger partial charge in [0.2, 0.25) is 0 Å². The zero-order valence-corrected chi connectivity index (χ0v) is 18.1. The van der Waals surface area contributed by atoms with Gasteiger partial charge in [-0.3, -0.25) is 0 Å². The first-order valence-electron chi connectivity index (χ1n) is 11.7. The molecule has 0 saturated heterocycles. The number of hydrogen-bond donors (Lipinski definition) is 0. The molecule has 2 aliphatic carbocycles. The standard InChI is InChI=1S/C26H39Cl/c1-2-3-6-21-9-11-22(12-10-21)7-4-5-8-23-13-15-24(16-14-23)25-17-19-26(27)20-18-25/h5,8,17-24H,2-4,6-7,9-16H2,1H3/b8-5+. The molecule has 0 spiro atoms. The minimum atomic E-state index is 0.745. The highest BCUT2D eigenvalue weighted by Crippen LogP contribution is 2.37. The van der Waals surface area contributed by atoms with Crippen LogP contribution < -0.4 is 0 Å². The second-order valence-corrected chi connectivity index (χ2v) is 9.63. The second kappa shape index (κ2) is 11.3. The molecular weight excluding hydrogens is 348 g/mol. The molecule has 150 valence electrons. The summed E-state index contributed by atoms with van der Waals surface area (Å²) < 4.78 is 0. The van der Waals surface area contributed by atoms with Gasteiger partial charge in [0.1, 0.15) is 0 Å². The summed E-state index contributed by atoms with van der Waals surface area (Å²) in [4.78, 5) is 0. The Morgan fingerprint density at radius 3 is 2.11 bits per heavy atom. The van der Waals surface area contributed by atoms with Gasteiger partial charge in [0.25, 0.3) is 0 Å². The lowest BCUT2D eigenvalue weighted by molar-refractivity contribution is 0.250. The maximum Gasteiger partial charge on any atom is 0.0406 e. The lowest BCUT2D eigenvalue weighted by Crippen LogP contribution is -2.14. The van der Waals surface area contributed by atoms with Crippen LogP contribution in [0.15, 0.2) is 36.4 Å². The van der Waals surface area contributed by atoms with Gasteiger partial charge in [-0.15, -0.1) is 0 Å². The summed E-state index contributed by atoms with van der Waals surface area (Å²) >= 11 is 6.02. The smallest absolute Gasteiger partial charge is 0.0406 e. The van der Waals surface area contributed by atoms with Gasteiger partial charge < -0.3 is 0 Å².